The molecular weight excluding hydrogens is 138 g/mol. The van der Waals surface area contributed by atoms with Crippen LogP contribution in [0.5, 0.6) is 0 Å². The van der Waals surface area contributed by atoms with Gasteiger partial charge in [0.05, 0.1) is 11.9 Å². The molecular formula is C8H13N3. The summed E-state index contributed by atoms with van der Waals surface area (Å²) in [7, 11) is 1.84. The lowest BCUT2D eigenvalue weighted by atomic mass is 10.1. The van der Waals surface area contributed by atoms with Crippen LogP contribution in [0.25, 0.3) is 0 Å². The summed E-state index contributed by atoms with van der Waals surface area (Å²) in [6.07, 6.45) is 3.51. The summed E-state index contributed by atoms with van der Waals surface area (Å²) < 4.78 is 0. The molecule has 0 aliphatic carbocycles. The first-order valence-corrected chi connectivity index (χ1v) is 3.73. The fraction of sp³-hybridized carbons (Fsp3) is 0.500. The first-order valence-electron chi connectivity index (χ1n) is 3.73. The molecule has 1 aromatic rings. The molecule has 0 unspecified atom stereocenters. The lowest BCUT2D eigenvalue weighted by Gasteiger charge is -2.04. The average molecular weight is 151 g/mol. The van der Waals surface area contributed by atoms with E-state index in [4.69, 9.17) is 0 Å². The van der Waals surface area contributed by atoms with Gasteiger partial charge >= 0.3 is 0 Å². The quantitative estimate of drug-likeness (QED) is 0.698. The molecule has 3 heteroatoms. The molecule has 0 atom stereocenters. The minimum atomic E-state index is 0.441. The minimum absolute atomic E-state index is 0.441. The maximum Gasteiger partial charge on any atom is 0.144 e. The van der Waals surface area contributed by atoms with E-state index in [1.54, 1.807) is 12.4 Å². The van der Waals surface area contributed by atoms with Gasteiger partial charge in [0.25, 0.3) is 0 Å². The molecule has 0 fully saturated rings. The maximum atomic E-state index is 4.32. The first kappa shape index (κ1) is 7.98. The van der Waals surface area contributed by atoms with Gasteiger partial charge < -0.3 is 5.32 Å². The van der Waals surface area contributed by atoms with Crippen molar-refractivity contribution in [1.29, 1.82) is 0 Å². The molecule has 1 N–H and O–H groups in total. The normalized spacial score (nSPS) is 10.2. The lowest BCUT2D eigenvalue weighted by molar-refractivity contribution is 0.813. The van der Waals surface area contributed by atoms with Crippen molar-refractivity contribution in [2.24, 2.45) is 0 Å². The zero-order chi connectivity index (χ0) is 8.27. The molecule has 0 bridgehead atoms. The SMILES string of the molecule is CNc1cncc(C(C)C)n1. The highest BCUT2D eigenvalue weighted by molar-refractivity contribution is 5.30. The number of anilines is 1. The number of nitrogens with one attached hydrogen (secondary N) is 1. The van der Waals surface area contributed by atoms with Crippen LogP contribution < -0.4 is 5.32 Å². The Balaban J connectivity index is 2.91. The molecule has 0 spiro atoms. The van der Waals surface area contributed by atoms with Gasteiger partial charge in [-0.25, -0.2) is 4.98 Å². The Bertz CT molecular complexity index is 233. The van der Waals surface area contributed by atoms with E-state index in [-0.39, 0.29) is 0 Å². The van der Waals surface area contributed by atoms with E-state index in [9.17, 15) is 0 Å². The molecule has 60 valence electrons. The molecule has 1 rings (SSSR count). The van der Waals surface area contributed by atoms with Gasteiger partial charge in [-0.05, 0) is 5.92 Å². The monoisotopic (exact) mass is 151 g/mol. The molecule has 3 nitrogen and oxygen atoms in total. The Morgan fingerprint density at radius 3 is 2.64 bits per heavy atom. The van der Waals surface area contributed by atoms with E-state index >= 15 is 0 Å². The Morgan fingerprint density at radius 2 is 2.09 bits per heavy atom. The van der Waals surface area contributed by atoms with Gasteiger partial charge in [0.15, 0.2) is 0 Å². The third-order valence-electron chi connectivity index (χ3n) is 1.50. The van der Waals surface area contributed by atoms with E-state index in [0.29, 0.717) is 5.92 Å². The number of nitrogens with zero attached hydrogens (tertiary/aromatic N) is 2. The summed E-state index contributed by atoms with van der Waals surface area (Å²) in [4.78, 5) is 8.37. The van der Waals surface area contributed by atoms with Crippen molar-refractivity contribution >= 4 is 5.82 Å². The van der Waals surface area contributed by atoms with Crippen molar-refractivity contribution in [3.05, 3.63) is 18.1 Å². The van der Waals surface area contributed by atoms with E-state index in [2.05, 4.69) is 29.1 Å². The summed E-state index contributed by atoms with van der Waals surface area (Å²) in [5, 5.41) is 2.95. The average Bonchev–Trinajstić information content (AvgIpc) is 2.05. The number of hydrogen-bond acceptors (Lipinski definition) is 3. The molecule has 0 radical (unpaired) electrons. The number of aromatic nitrogens is 2. The zero-order valence-electron chi connectivity index (χ0n) is 7.13. The Kier molecular flexibility index (Phi) is 2.41. The summed E-state index contributed by atoms with van der Waals surface area (Å²) in [5.41, 5.74) is 1.02. The highest BCUT2D eigenvalue weighted by Gasteiger charge is 2.00. The standard InChI is InChI=1S/C8H13N3/c1-6(2)7-4-10-5-8(9-3)11-7/h4-6H,1-3H3,(H,9,11). The fourth-order valence-corrected chi connectivity index (χ4v) is 0.780. The summed E-state index contributed by atoms with van der Waals surface area (Å²) in [5.74, 6) is 1.27. The van der Waals surface area contributed by atoms with Gasteiger partial charge in [0, 0.05) is 13.2 Å². The molecule has 0 amide bonds. The van der Waals surface area contributed by atoms with Crippen LogP contribution in [0.1, 0.15) is 25.5 Å². The second kappa shape index (κ2) is 3.32. The highest BCUT2D eigenvalue weighted by atomic mass is 15.0. The fourth-order valence-electron chi connectivity index (χ4n) is 0.780. The topological polar surface area (TPSA) is 37.8 Å². The first-order chi connectivity index (χ1) is 5.24. The molecule has 0 saturated heterocycles. The molecule has 1 aromatic heterocycles. The maximum absolute atomic E-state index is 4.32. The Hall–Kier alpha value is -1.12. The van der Waals surface area contributed by atoms with Crippen molar-refractivity contribution in [3.63, 3.8) is 0 Å². The minimum Gasteiger partial charge on any atom is -0.372 e. The van der Waals surface area contributed by atoms with Gasteiger partial charge in [-0.3, -0.25) is 4.98 Å². The van der Waals surface area contributed by atoms with E-state index < -0.39 is 0 Å². The van der Waals surface area contributed by atoms with Gasteiger partial charge in [-0.1, -0.05) is 13.8 Å². The molecule has 11 heavy (non-hydrogen) atoms. The van der Waals surface area contributed by atoms with E-state index in [1.807, 2.05) is 7.05 Å². The van der Waals surface area contributed by atoms with Crippen LogP contribution in [0.2, 0.25) is 0 Å². The van der Waals surface area contributed by atoms with Crippen LogP contribution in [0.4, 0.5) is 5.82 Å². The zero-order valence-corrected chi connectivity index (χ0v) is 7.13. The third kappa shape index (κ3) is 1.90. The largest absolute Gasteiger partial charge is 0.372 e. The van der Waals surface area contributed by atoms with E-state index in [1.165, 1.54) is 0 Å². The van der Waals surface area contributed by atoms with Crippen molar-refractivity contribution < 1.29 is 0 Å². The van der Waals surface area contributed by atoms with Crippen molar-refractivity contribution in [3.8, 4) is 0 Å². The molecule has 1 heterocycles. The summed E-state index contributed by atoms with van der Waals surface area (Å²) in [6.45, 7) is 4.20. The van der Waals surface area contributed by atoms with Crippen LogP contribution >= 0.6 is 0 Å². The van der Waals surface area contributed by atoms with Crippen LogP contribution in [-0.4, -0.2) is 17.0 Å². The number of rotatable bonds is 2. The highest BCUT2D eigenvalue weighted by Crippen LogP contribution is 2.11. The molecule has 0 saturated carbocycles. The van der Waals surface area contributed by atoms with E-state index in [0.717, 1.165) is 11.5 Å². The Morgan fingerprint density at radius 1 is 1.36 bits per heavy atom. The smallest absolute Gasteiger partial charge is 0.144 e. The van der Waals surface area contributed by atoms with Gasteiger partial charge in [-0.15, -0.1) is 0 Å². The number of hydrogen-bond donors (Lipinski definition) is 1. The summed E-state index contributed by atoms with van der Waals surface area (Å²) >= 11 is 0. The van der Waals surface area contributed by atoms with Gasteiger partial charge in [-0.2, -0.15) is 0 Å². The van der Waals surface area contributed by atoms with Crippen molar-refractivity contribution in [1.82, 2.24) is 9.97 Å². The van der Waals surface area contributed by atoms with Crippen LogP contribution in [0.15, 0.2) is 12.4 Å². The second-order valence-corrected chi connectivity index (χ2v) is 2.73. The Labute approximate surface area is 66.9 Å². The van der Waals surface area contributed by atoms with Crippen molar-refractivity contribution in [2.45, 2.75) is 19.8 Å². The second-order valence-electron chi connectivity index (χ2n) is 2.73. The molecule has 0 aliphatic heterocycles. The third-order valence-corrected chi connectivity index (χ3v) is 1.50. The van der Waals surface area contributed by atoms with Crippen molar-refractivity contribution in [2.75, 3.05) is 12.4 Å². The molecule has 0 aliphatic rings. The predicted octanol–water partition coefficient (Wildman–Crippen LogP) is 1.64. The summed E-state index contributed by atoms with van der Waals surface area (Å²) in [6, 6.07) is 0. The lowest BCUT2D eigenvalue weighted by Crippen LogP contribution is -1.98. The van der Waals surface area contributed by atoms with Crippen LogP contribution in [0.3, 0.4) is 0 Å². The predicted molar refractivity (Wildman–Crippen MR) is 45.7 cm³/mol. The van der Waals surface area contributed by atoms with Gasteiger partial charge in [0.1, 0.15) is 5.82 Å². The van der Waals surface area contributed by atoms with Crippen LogP contribution in [-0.2, 0) is 0 Å². The molecule has 0 aromatic carbocycles. The van der Waals surface area contributed by atoms with Crippen LogP contribution in [0, 0.1) is 0 Å². The van der Waals surface area contributed by atoms with Gasteiger partial charge in [0.2, 0.25) is 0 Å².